The van der Waals surface area contributed by atoms with Crippen LogP contribution < -0.4 is 5.32 Å². The molecule has 33 heavy (non-hydrogen) atoms. The highest BCUT2D eigenvalue weighted by Gasteiger charge is 2.26. The number of nitrogens with zero attached hydrogens (tertiary/aromatic N) is 4. The number of aryl methyl sites for hydroxylation is 2. The van der Waals surface area contributed by atoms with Gasteiger partial charge in [-0.2, -0.15) is 0 Å². The van der Waals surface area contributed by atoms with Crippen LogP contribution in [0.2, 0.25) is 5.02 Å². The minimum atomic E-state index is 0.167. The number of benzene rings is 2. The number of hydrogen-bond donors (Lipinski definition) is 1. The second-order valence-corrected chi connectivity index (χ2v) is 9.71. The van der Waals surface area contributed by atoms with Gasteiger partial charge < -0.3 is 5.32 Å². The number of rotatable bonds is 5. The summed E-state index contributed by atoms with van der Waals surface area (Å²) in [5.41, 5.74) is 8.46. The second kappa shape index (κ2) is 9.32. The monoisotopic (exact) mass is 461 g/mol. The Morgan fingerprint density at radius 3 is 2.82 bits per heavy atom. The summed E-state index contributed by atoms with van der Waals surface area (Å²) in [7, 11) is 0. The first-order valence-corrected chi connectivity index (χ1v) is 12.4. The van der Waals surface area contributed by atoms with Crippen molar-refractivity contribution in [3.05, 3.63) is 70.4 Å². The largest absolute Gasteiger partial charge is 0.378 e. The molecule has 0 fully saturated rings. The van der Waals surface area contributed by atoms with Crippen molar-refractivity contribution < 1.29 is 0 Å². The van der Waals surface area contributed by atoms with Crippen LogP contribution in [0.25, 0.3) is 16.8 Å². The Morgan fingerprint density at radius 2 is 2.06 bits per heavy atom. The van der Waals surface area contributed by atoms with E-state index in [1.54, 1.807) is 0 Å². The lowest BCUT2D eigenvalue weighted by Gasteiger charge is -2.31. The van der Waals surface area contributed by atoms with Crippen LogP contribution in [0.1, 0.15) is 56.0 Å². The molecule has 3 heterocycles. The summed E-state index contributed by atoms with van der Waals surface area (Å²) >= 11 is 6.27. The van der Waals surface area contributed by atoms with Gasteiger partial charge in [-0.3, -0.25) is 4.90 Å². The standard InChI is InChI=1S/C27H32ClN5/c1-4-18(2)32-13-10-20(11-14-32)21-8-9-24-25(16-21)26(29-23-7-5-6-22(28)17-23)12-15-33-27(24)19(3)30-31-33/h5-10,16-18,26,29H,4,11-15H2,1-3H3. The molecule has 172 valence electrons. The predicted octanol–water partition coefficient (Wildman–Crippen LogP) is 6.35. The third-order valence-electron chi connectivity index (χ3n) is 7.21. The fourth-order valence-electron chi connectivity index (χ4n) is 5.10. The van der Waals surface area contributed by atoms with Gasteiger partial charge in [0, 0.05) is 41.9 Å². The average molecular weight is 462 g/mol. The quantitative estimate of drug-likeness (QED) is 0.480. The fourth-order valence-corrected chi connectivity index (χ4v) is 5.29. The van der Waals surface area contributed by atoms with E-state index in [1.165, 1.54) is 28.7 Å². The molecular weight excluding hydrogens is 430 g/mol. The lowest BCUT2D eigenvalue weighted by Crippen LogP contribution is -2.35. The van der Waals surface area contributed by atoms with Crippen LogP contribution in [0.15, 0.2) is 48.5 Å². The van der Waals surface area contributed by atoms with Crippen molar-refractivity contribution in [1.29, 1.82) is 0 Å². The Hall–Kier alpha value is -2.63. The van der Waals surface area contributed by atoms with Crippen LogP contribution in [-0.2, 0) is 6.54 Å². The predicted molar refractivity (Wildman–Crippen MR) is 137 cm³/mol. The topological polar surface area (TPSA) is 46.0 Å². The molecule has 6 heteroatoms. The van der Waals surface area contributed by atoms with Crippen molar-refractivity contribution in [3.8, 4) is 11.3 Å². The van der Waals surface area contributed by atoms with Crippen molar-refractivity contribution in [3.63, 3.8) is 0 Å². The summed E-state index contributed by atoms with van der Waals surface area (Å²) in [4.78, 5) is 2.57. The van der Waals surface area contributed by atoms with E-state index in [-0.39, 0.29) is 6.04 Å². The van der Waals surface area contributed by atoms with E-state index in [0.29, 0.717) is 6.04 Å². The number of anilines is 1. The summed E-state index contributed by atoms with van der Waals surface area (Å²) in [6.45, 7) is 9.62. The zero-order chi connectivity index (χ0) is 22.9. The maximum Gasteiger partial charge on any atom is 0.0918 e. The van der Waals surface area contributed by atoms with Gasteiger partial charge in [0.15, 0.2) is 0 Å². The summed E-state index contributed by atoms with van der Waals surface area (Å²) in [5.74, 6) is 0. The van der Waals surface area contributed by atoms with E-state index in [2.05, 4.69) is 69.4 Å². The molecule has 2 unspecified atom stereocenters. The van der Waals surface area contributed by atoms with Crippen LogP contribution in [0, 0.1) is 6.92 Å². The van der Waals surface area contributed by atoms with E-state index in [4.69, 9.17) is 11.6 Å². The lowest BCUT2D eigenvalue weighted by molar-refractivity contribution is 0.225. The molecule has 1 aromatic heterocycles. The van der Waals surface area contributed by atoms with Crippen LogP contribution in [0.3, 0.4) is 0 Å². The van der Waals surface area contributed by atoms with Gasteiger partial charge >= 0.3 is 0 Å². The maximum absolute atomic E-state index is 6.27. The van der Waals surface area contributed by atoms with Crippen LogP contribution in [0.5, 0.6) is 0 Å². The molecular formula is C27H32ClN5. The molecule has 0 aliphatic carbocycles. The minimum Gasteiger partial charge on any atom is -0.378 e. The number of aromatic nitrogens is 3. The molecule has 3 aromatic rings. The van der Waals surface area contributed by atoms with Crippen LogP contribution in [0.4, 0.5) is 5.69 Å². The summed E-state index contributed by atoms with van der Waals surface area (Å²) in [6, 6.07) is 15.7. The molecule has 1 N–H and O–H groups in total. The smallest absolute Gasteiger partial charge is 0.0918 e. The highest BCUT2D eigenvalue weighted by molar-refractivity contribution is 6.30. The SMILES string of the molecule is CCC(C)N1CC=C(c2ccc3c(c2)C(Nc2cccc(Cl)c2)CCn2nnc(C)c2-3)CC1. The number of hydrogen-bond acceptors (Lipinski definition) is 4. The van der Waals surface area contributed by atoms with Gasteiger partial charge in [0.2, 0.25) is 0 Å². The first-order chi connectivity index (χ1) is 16.0. The van der Waals surface area contributed by atoms with Gasteiger partial charge in [0.1, 0.15) is 0 Å². The Kier molecular flexibility index (Phi) is 6.26. The molecule has 0 radical (unpaired) electrons. The molecule has 2 atom stereocenters. The van der Waals surface area contributed by atoms with E-state index >= 15 is 0 Å². The average Bonchev–Trinajstić information content (AvgIpc) is 3.13. The molecule has 2 aliphatic rings. The third-order valence-corrected chi connectivity index (χ3v) is 7.44. The maximum atomic E-state index is 6.27. The number of fused-ring (bicyclic) bond motifs is 3. The van der Waals surface area contributed by atoms with Crippen molar-refractivity contribution in [2.45, 2.75) is 58.7 Å². The van der Waals surface area contributed by atoms with Crippen molar-refractivity contribution in [2.24, 2.45) is 0 Å². The van der Waals surface area contributed by atoms with Crippen molar-refractivity contribution in [2.75, 3.05) is 18.4 Å². The van der Waals surface area contributed by atoms with Gasteiger partial charge in [-0.15, -0.1) is 5.10 Å². The van der Waals surface area contributed by atoms with Gasteiger partial charge in [-0.25, -0.2) is 4.68 Å². The molecule has 2 aliphatic heterocycles. The van der Waals surface area contributed by atoms with E-state index in [9.17, 15) is 0 Å². The molecule has 0 amide bonds. The van der Waals surface area contributed by atoms with Gasteiger partial charge in [0.05, 0.1) is 17.4 Å². The molecule has 0 saturated heterocycles. The summed E-state index contributed by atoms with van der Waals surface area (Å²) < 4.78 is 2.05. The van der Waals surface area contributed by atoms with E-state index < -0.39 is 0 Å². The molecule has 5 nitrogen and oxygen atoms in total. The lowest BCUT2D eigenvalue weighted by atomic mass is 9.90. The molecule has 5 rings (SSSR count). The highest BCUT2D eigenvalue weighted by Crippen LogP contribution is 2.39. The minimum absolute atomic E-state index is 0.167. The zero-order valence-corrected chi connectivity index (χ0v) is 20.4. The van der Waals surface area contributed by atoms with E-state index in [0.717, 1.165) is 54.6 Å². The van der Waals surface area contributed by atoms with Gasteiger partial charge in [0.25, 0.3) is 0 Å². The normalized spacial score (nSPS) is 19.3. The van der Waals surface area contributed by atoms with Crippen LogP contribution >= 0.6 is 11.6 Å². The summed E-state index contributed by atoms with van der Waals surface area (Å²) in [6.07, 6.45) is 5.64. The molecule has 0 spiro atoms. The van der Waals surface area contributed by atoms with Crippen molar-refractivity contribution >= 4 is 22.9 Å². The van der Waals surface area contributed by atoms with Crippen molar-refractivity contribution in [1.82, 2.24) is 19.9 Å². The first-order valence-electron chi connectivity index (χ1n) is 12.0. The van der Waals surface area contributed by atoms with E-state index in [1.807, 2.05) is 25.1 Å². The second-order valence-electron chi connectivity index (χ2n) is 9.28. The molecule has 0 bridgehead atoms. The van der Waals surface area contributed by atoms with Gasteiger partial charge in [-0.05, 0) is 74.1 Å². The number of nitrogens with one attached hydrogen (secondary N) is 1. The summed E-state index contributed by atoms with van der Waals surface area (Å²) in [5, 5.41) is 13.3. The number of halogens is 1. The van der Waals surface area contributed by atoms with Gasteiger partial charge in [-0.1, -0.05) is 48.0 Å². The molecule has 2 aromatic carbocycles. The Labute approximate surface area is 201 Å². The third kappa shape index (κ3) is 4.44. The fraction of sp³-hybridized carbons (Fsp3) is 0.407. The zero-order valence-electron chi connectivity index (χ0n) is 19.7. The van der Waals surface area contributed by atoms with Crippen LogP contribution in [-0.4, -0.2) is 39.0 Å². The molecule has 0 saturated carbocycles. The first kappa shape index (κ1) is 22.2. The Bertz CT molecular complexity index is 1180. The Balaban J connectivity index is 1.52. The Morgan fingerprint density at radius 1 is 1.18 bits per heavy atom. The highest BCUT2D eigenvalue weighted by atomic mass is 35.5.